The summed E-state index contributed by atoms with van der Waals surface area (Å²) in [5, 5.41) is 1.25. The summed E-state index contributed by atoms with van der Waals surface area (Å²) in [6.45, 7) is 2.13. The fourth-order valence-electron chi connectivity index (χ4n) is 2.74. The maximum atomic E-state index is 2.25. The van der Waals surface area contributed by atoms with E-state index in [2.05, 4.69) is 116 Å². The number of hydrogen-bond donors (Lipinski definition) is 0. The third-order valence-electron chi connectivity index (χ3n) is 4.29. The summed E-state index contributed by atoms with van der Waals surface area (Å²) < 4.78 is 3.57. The fourth-order valence-corrected chi connectivity index (χ4v) is 3.78. The van der Waals surface area contributed by atoms with Gasteiger partial charge in [-0.15, -0.1) is 0 Å². The van der Waals surface area contributed by atoms with E-state index in [1.165, 1.54) is 32.0 Å². The zero-order valence-electron chi connectivity index (χ0n) is 16.2. The lowest BCUT2D eigenvalue weighted by Crippen LogP contribution is -3.00. The molecule has 0 amide bonds. The molecule has 0 aliphatic rings. The molecule has 140 valence electrons. The van der Waals surface area contributed by atoms with Crippen molar-refractivity contribution in [1.82, 2.24) is 0 Å². The molecule has 0 fully saturated rings. The topological polar surface area (TPSA) is 7.12 Å². The number of fused-ring (bicyclic) bond motifs is 1. The molecule has 0 N–H and O–H groups in total. The fraction of sp³-hybridized carbons (Fsp3) is 0.174. The first-order valence-corrected chi connectivity index (χ1v) is 9.54. The number of benzene rings is 2. The molecule has 2 nitrogen and oxygen atoms in total. The molecule has 1 heterocycles. The minimum absolute atomic E-state index is 0. The number of halogens is 1. The van der Waals surface area contributed by atoms with E-state index in [1.54, 1.807) is 0 Å². The number of allylic oxidation sites excluding steroid dienone is 4. The second-order valence-electron chi connectivity index (χ2n) is 6.56. The van der Waals surface area contributed by atoms with E-state index < -0.39 is 0 Å². The monoisotopic (exact) mass is 488 g/mol. The van der Waals surface area contributed by atoms with Gasteiger partial charge in [0, 0.05) is 31.9 Å². The second kappa shape index (κ2) is 9.85. The Kier molecular flexibility index (Phi) is 7.80. The molecule has 3 aromatic rings. The zero-order chi connectivity index (χ0) is 18.5. The molecule has 0 aliphatic heterocycles. The van der Waals surface area contributed by atoms with Crippen LogP contribution < -0.4 is 33.4 Å². The average Bonchev–Trinajstić information content (AvgIpc) is 2.94. The van der Waals surface area contributed by atoms with Gasteiger partial charge < -0.3 is 28.9 Å². The van der Waals surface area contributed by atoms with Crippen LogP contribution >= 0.6 is 11.3 Å². The molecule has 0 radical (unpaired) electrons. The lowest BCUT2D eigenvalue weighted by Gasteiger charge is -2.11. The van der Waals surface area contributed by atoms with Crippen molar-refractivity contribution >= 4 is 39.4 Å². The third-order valence-corrected chi connectivity index (χ3v) is 5.48. The van der Waals surface area contributed by atoms with Gasteiger partial charge in [-0.2, -0.15) is 4.57 Å². The van der Waals surface area contributed by atoms with Crippen molar-refractivity contribution in [3.8, 4) is 0 Å². The van der Waals surface area contributed by atoms with Crippen molar-refractivity contribution in [2.24, 2.45) is 7.05 Å². The highest BCUT2D eigenvalue weighted by atomic mass is 127. The highest BCUT2D eigenvalue weighted by Gasteiger charge is 2.13. The maximum Gasteiger partial charge on any atom is 0.262 e. The number of aryl methyl sites for hydroxylation is 2. The average molecular weight is 488 g/mol. The molecule has 0 unspecified atom stereocenters. The first-order valence-electron chi connectivity index (χ1n) is 8.72. The molecule has 0 atom stereocenters. The Morgan fingerprint density at radius 1 is 0.889 bits per heavy atom. The van der Waals surface area contributed by atoms with Crippen molar-refractivity contribution in [2.45, 2.75) is 6.92 Å². The molecule has 1 aromatic heterocycles. The van der Waals surface area contributed by atoms with E-state index in [0.29, 0.717) is 0 Å². The first kappa shape index (κ1) is 21.4. The second-order valence-corrected chi connectivity index (χ2v) is 7.62. The van der Waals surface area contributed by atoms with Gasteiger partial charge in [0.2, 0.25) is 5.52 Å². The number of nitrogens with zero attached hydrogens (tertiary/aromatic N) is 2. The Labute approximate surface area is 183 Å². The Bertz CT molecular complexity index is 980. The van der Waals surface area contributed by atoms with E-state index in [0.717, 1.165) is 0 Å². The molecular formula is C23H25IN2S. The van der Waals surface area contributed by atoms with Crippen LogP contribution in [0, 0.1) is 6.92 Å². The predicted octanol–water partition coefficient (Wildman–Crippen LogP) is 2.39. The summed E-state index contributed by atoms with van der Waals surface area (Å²) >= 11 is 1.82. The highest BCUT2D eigenvalue weighted by molar-refractivity contribution is 7.18. The Hall–Kier alpha value is -1.92. The minimum Gasteiger partial charge on any atom is -1.00 e. The molecule has 27 heavy (non-hydrogen) atoms. The lowest BCUT2D eigenvalue weighted by atomic mass is 10.2. The summed E-state index contributed by atoms with van der Waals surface area (Å²) in [4.78, 5) is 2.10. The molecule has 0 spiro atoms. The standard InChI is InChI=1S/C23H25N2S.HI/c1-18-11-16-22-21(17-18)25(4)23(26-22)10-8-6-5-7-9-19-12-14-20(15-13-19)24(2)3;/h5-17H,1-4H3;1H/q+1;/p-1. The van der Waals surface area contributed by atoms with E-state index in [1.807, 2.05) is 11.3 Å². The molecule has 3 rings (SSSR count). The summed E-state index contributed by atoms with van der Waals surface area (Å²) in [6.07, 6.45) is 12.6. The molecule has 0 saturated carbocycles. The van der Waals surface area contributed by atoms with Crippen LogP contribution in [0.4, 0.5) is 5.69 Å². The first-order chi connectivity index (χ1) is 12.5. The lowest BCUT2D eigenvalue weighted by molar-refractivity contribution is -0.642. The van der Waals surface area contributed by atoms with Crippen LogP contribution in [0.15, 0.2) is 66.8 Å². The van der Waals surface area contributed by atoms with Crippen LogP contribution in [0.2, 0.25) is 0 Å². The maximum absolute atomic E-state index is 2.25. The Morgan fingerprint density at radius 2 is 1.56 bits per heavy atom. The van der Waals surface area contributed by atoms with Crippen molar-refractivity contribution in [3.05, 3.63) is 82.9 Å². The largest absolute Gasteiger partial charge is 1.00 e. The van der Waals surface area contributed by atoms with E-state index in [-0.39, 0.29) is 24.0 Å². The molecular weight excluding hydrogens is 463 g/mol. The number of rotatable bonds is 5. The van der Waals surface area contributed by atoms with Gasteiger partial charge in [-0.25, -0.2) is 0 Å². The van der Waals surface area contributed by atoms with Gasteiger partial charge in [0.05, 0.1) is 0 Å². The third kappa shape index (κ3) is 5.53. The van der Waals surface area contributed by atoms with Gasteiger partial charge in [0.15, 0.2) is 0 Å². The van der Waals surface area contributed by atoms with E-state index >= 15 is 0 Å². The summed E-state index contributed by atoms with van der Waals surface area (Å²) in [6, 6.07) is 15.1. The van der Waals surface area contributed by atoms with Gasteiger partial charge in [0.1, 0.15) is 11.7 Å². The number of anilines is 1. The smallest absolute Gasteiger partial charge is 0.262 e. The van der Waals surface area contributed by atoms with Crippen LogP contribution in [0.1, 0.15) is 16.1 Å². The summed E-state index contributed by atoms with van der Waals surface area (Å²) in [5.41, 5.74) is 5.01. The van der Waals surface area contributed by atoms with Crippen LogP contribution in [-0.4, -0.2) is 14.1 Å². The zero-order valence-corrected chi connectivity index (χ0v) is 19.2. The molecule has 0 saturated heterocycles. The molecule has 0 bridgehead atoms. The van der Waals surface area contributed by atoms with Crippen molar-refractivity contribution < 1.29 is 28.5 Å². The summed E-state index contributed by atoms with van der Waals surface area (Å²) in [5.74, 6) is 0. The van der Waals surface area contributed by atoms with Gasteiger partial charge in [-0.3, -0.25) is 0 Å². The normalized spacial score (nSPS) is 11.7. The SMILES string of the molecule is Cc1ccc2sc(/C=C/C=C/C=C/c3ccc(N(C)C)cc3)[n+](C)c2c1.[I-]. The molecule has 2 aromatic carbocycles. The van der Waals surface area contributed by atoms with Gasteiger partial charge in [-0.1, -0.05) is 59.9 Å². The quantitative estimate of drug-likeness (QED) is 0.304. The van der Waals surface area contributed by atoms with E-state index in [9.17, 15) is 0 Å². The molecule has 4 heteroatoms. The predicted molar refractivity (Wildman–Crippen MR) is 116 cm³/mol. The Morgan fingerprint density at radius 3 is 2.22 bits per heavy atom. The number of hydrogen-bond acceptors (Lipinski definition) is 2. The molecule has 0 aliphatic carbocycles. The van der Waals surface area contributed by atoms with Crippen LogP contribution in [0.3, 0.4) is 0 Å². The summed E-state index contributed by atoms with van der Waals surface area (Å²) in [7, 11) is 6.23. The highest BCUT2D eigenvalue weighted by Crippen LogP contribution is 2.22. The van der Waals surface area contributed by atoms with Gasteiger partial charge >= 0.3 is 0 Å². The van der Waals surface area contributed by atoms with Crippen molar-refractivity contribution in [2.75, 3.05) is 19.0 Å². The van der Waals surface area contributed by atoms with Crippen LogP contribution in [0.25, 0.3) is 22.4 Å². The minimum atomic E-state index is 0. The van der Waals surface area contributed by atoms with Crippen LogP contribution in [0.5, 0.6) is 0 Å². The van der Waals surface area contributed by atoms with Gasteiger partial charge in [0.25, 0.3) is 5.01 Å². The van der Waals surface area contributed by atoms with Gasteiger partial charge in [-0.05, 0) is 36.2 Å². The van der Waals surface area contributed by atoms with Crippen molar-refractivity contribution in [3.63, 3.8) is 0 Å². The van der Waals surface area contributed by atoms with Crippen LogP contribution in [-0.2, 0) is 7.05 Å². The number of aromatic nitrogens is 1. The van der Waals surface area contributed by atoms with Crippen molar-refractivity contribution in [1.29, 1.82) is 0 Å². The number of thiazole rings is 1. The Balaban J connectivity index is 0.00000261. The van der Waals surface area contributed by atoms with E-state index in [4.69, 9.17) is 0 Å².